The predicted octanol–water partition coefficient (Wildman–Crippen LogP) is 2.63. The number of nitrogens with two attached hydrogens (primary N) is 1. The molecule has 2 unspecified atom stereocenters. The average molecular weight is 225 g/mol. The molecule has 0 bridgehead atoms. The Kier molecular flexibility index (Phi) is 5.76. The molecular formula is C12H19NOS. The van der Waals surface area contributed by atoms with E-state index in [4.69, 9.17) is 10.5 Å². The highest BCUT2D eigenvalue weighted by atomic mass is 32.2. The van der Waals surface area contributed by atoms with Crippen LogP contribution in [0.15, 0.2) is 30.3 Å². The van der Waals surface area contributed by atoms with Gasteiger partial charge in [0.05, 0.1) is 6.61 Å². The fraction of sp³-hybridized carbons (Fsp3) is 0.500. The van der Waals surface area contributed by atoms with Crippen LogP contribution in [0, 0.1) is 0 Å². The van der Waals surface area contributed by atoms with Gasteiger partial charge in [-0.15, -0.1) is 11.8 Å². The fourth-order valence-corrected chi connectivity index (χ4v) is 2.06. The zero-order valence-electron chi connectivity index (χ0n) is 9.35. The van der Waals surface area contributed by atoms with Gasteiger partial charge in [-0.05, 0) is 18.2 Å². The monoisotopic (exact) mass is 225 g/mol. The van der Waals surface area contributed by atoms with Crippen molar-refractivity contribution in [2.24, 2.45) is 5.73 Å². The highest BCUT2D eigenvalue weighted by Gasteiger charge is 2.13. The van der Waals surface area contributed by atoms with Crippen molar-refractivity contribution in [2.75, 3.05) is 5.75 Å². The van der Waals surface area contributed by atoms with Crippen LogP contribution in [0.5, 0.6) is 0 Å². The van der Waals surface area contributed by atoms with E-state index in [9.17, 15) is 0 Å². The van der Waals surface area contributed by atoms with E-state index >= 15 is 0 Å². The van der Waals surface area contributed by atoms with E-state index in [1.165, 1.54) is 5.56 Å². The lowest BCUT2D eigenvalue weighted by Gasteiger charge is -2.20. The van der Waals surface area contributed by atoms with Crippen molar-refractivity contribution >= 4 is 11.8 Å². The molecule has 0 fully saturated rings. The summed E-state index contributed by atoms with van der Waals surface area (Å²) in [5.41, 5.74) is 7.13. The van der Waals surface area contributed by atoms with Gasteiger partial charge in [-0.2, -0.15) is 0 Å². The minimum atomic E-state index is 0.0682. The van der Waals surface area contributed by atoms with Gasteiger partial charge in [-0.25, -0.2) is 0 Å². The predicted molar refractivity (Wildman–Crippen MR) is 66.8 cm³/mol. The molecule has 1 aromatic rings. The molecule has 2 N–H and O–H groups in total. The maximum absolute atomic E-state index is 5.84. The SMILES string of the molecule is CCSC(OCc1ccccc1)C(C)N. The van der Waals surface area contributed by atoms with E-state index < -0.39 is 0 Å². The highest BCUT2D eigenvalue weighted by molar-refractivity contribution is 7.99. The molecule has 84 valence electrons. The molecule has 0 aliphatic carbocycles. The van der Waals surface area contributed by atoms with Crippen LogP contribution in [0.3, 0.4) is 0 Å². The molecule has 0 aliphatic rings. The first-order valence-corrected chi connectivity index (χ1v) is 6.31. The molecule has 3 heteroatoms. The lowest BCUT2D eigenvalue weighted by atomic mass is 10.2. The molecule has 2 atom stereocenters. The third-order valence-electron chi connectivity index (χ3n) is 2.02. The van der Waals surface area contributed by atoms with E-state index in [1.807, 2.05) is 25.1 Å². The van der Waals surface area contributed by atoms with Crippen molar-refractivity contribution in [3.8, 4) is 0 Å². The third-order valence-corrected chi connectivity index (χ3v) is 3.24. The van der Waals surface area contributed by atoms with Crippen LogP contribution < -0.4 is 5.73 Å². The number of rotatable bonds is 6. The van der Waals surface area contributed by atoms with Crippen LogP contribution in [0.4, 0.5) is 0 Å². The van der Waals surface area contributed by atoms with Crippen LogP contribution in [0.2, 0.25) is 0 Å². The molecule has 0 heterocycles. The van der Waals surface area contributed by atoms with E-state index in [0.29, 0.717) is 6.61 Å². The molecule has 0 spiro atoms. The van der Waals surface area contributed by atoms with Gasteiger partial charge in [-0.1, -0.05) is 37.3 Å². The highest BCUT2D eigenvalue weighted by Crippen LogP contribution is 2.16. The normalized spacial score (nSPS) is 14.9. The second kappa shape index (κ2) is 6.88. The summed E-state index contributed by atoms with van der Waals surface area (Å²) >= 11 is 1.76. The summed E-state index contributed by atoms with van der Waals surface area (Å²) in [6.45, 7) is 4.74. The zero-order valence-corrected chi connectivity index (χ0v) is 10.2. The maximum Gasteiger partial charge on any atom is 0.118 e. The van der Waals surface area contributed by atoms with Crippen molar-refractivity contribution in [3.63, 3.8) is 0 Å². The van der Waals surface area contributed by atoms with Gasteiger partial charge in [0.15, 0.2) is 0 Å². The largest absolute Gasteiger partial charge is 0.361 e. The molecule has 1 aromatic carbocycles. The number of thioether (sulfide) groups is 1. The Labute approximate surface area is 96.2 Å². The van der Waals surface area contributed by atoms with Gasteiger partial charge in [0.1, 0.15) is 5.44 Å². The molecule has 15 heavy (non-hydrogen) atoms. The van der Waals surface area contributed by atoms with Crippen LogP contribution in [0.1, 0.15) is 19.4 Å². The van der Waals surface area contributed by atoms with Crippen molar-refractivity contribution in [1.29, 1.82) is 0 Å². The van der Waals surface area contributed by atoms with E-state index in [0.717, 1.165) is 5.75 Å². The molecule has 0 amide bonds. The van der Waals surface area contributed by atoms with Crippen molar-refractivity contribution < 1.29 is 4.74 Å². The van der Waals surface area contributed by atoms with Crippen LogP contribution in [-0.4, -0.2) is 17.2 Å². The quantitative estimate of drug-likeness (QED) is 0.756. The summed E-state index contributed by atoms with van der Waals surface area (Å²) in [5, 5.41) is 0. The van der Waals surface area contributed by atoms with Gasteiger partial charge in [0, 0.05) is 6.04 Å². The van der Waals surface area contributed by atoms with Crippen LogP contribution in [0.25, 0.3) is 0 Å². The Morgan fingerprint density at radius 3 is 2.53 bits per heavy atom. The molecule has 0 radical (unpaired) electrons. The standard InChI is InChI=1S/C12H19NOS/c1-3-15-12(10(2)13)14-9-11-7-5-4-6-8-11/h4-8,10,12H,3,9,13H2,1-2H3. The van der Waals surface area contributed by atoms with E-state index in [1.54, 1.807) is 11.8 Å². The number of hydrogen-bond acceptors (Lipinski definition) is 3. The Hall–Kier alpha value is -0.510. The van der Waals surface area contributed by atoms with Gasteiger partial charge in [0.25, 0.3) is 0 Å². The Morgan fingerprint density at radius 2 is 2.00 bits per heavy atom. The Bertz CT molecular complexity index is 264. The summed E-state index contributed by atoms with van der Waals surface area (Å²) in [7, 11) is 0. The number of ether oxygens (including phenoxy) is 1. The number of benzene rings is 1. The summed E-state index contributed by atoms with van der Waals surface area (Å²) in [4.78, 5) is 0. The van der Waals surface area contributed by atoms with E-state index in [2.05, 4.69) is 19.1 Å². The minimum Gasteiger partial charge on any atom is -0.361 e. The van der Waals surface area contributed by atoms with Crippen molar-refractivity contribution in [1.82, 2.24) is 0 Å². The first-order chi connectivity index (χ1) is 7.24. The lowest BCUT2D eigenvalue weighted by Crippen LogP contribution is -2.31. The molecular weight excluding hydrogens is 206 g/mol. The lowest BCUT2D eigenvalue weighted by molar-refractivity contribution is 0.0863. The molecule has 0 saturated carbocycles. The molecule has 2 nitrogen and oxygen atoms in total. The molecule has 1 rings (SSSR count). The smallest absolute Gasteiger partial charge is 0.118 e. The zero-order chi connectivity index (χ0) is 11.1. The van der Waals surface area contributed by atoms with E-state index in [-0.39, 0.29) is 11.5 Å². The summed E-state index contributed by atoms with van der Waals surface area (Å²) in [6, 6.07) is 10.2. The second-order valence-corrected chi connectivity index (χ2v) is 4.85. The van der Waals surface area contributed by atoms with Gasteiger partial charge < -0.3 is 10.5 Å². The second-order valence-electron chi connectivity index (χ2n) is 3.48. The maximum atomic E-state index is 5.84. The number of hydrogen-bond donors (Lipinski definition) is 1. The summed E-state index contributed by atoms with van der Waals surface area (Å²) < 4.78 is 5.77. The molecule has 0 aromatic heterocycles. The molecule has 0 aliphatic heterocycles. The van der Waals surface area contributed by atoms with Crippen molar-refractivity contribution in [3.05, 3.63) is 35.9 Å². The first-order valence-electron chi connectivity index (χ1n) is 5.26. The third kappa shape index (κ3) is 4.69. The average Bonchev–Trinajstić information content (AvgIpc) is 2.25. The fourth-order valence-electron chi connectivity index (χ4n) is 1.27. The molecule has 0 saturated heterocycles. The summed E-state index contributed by atoms with van der Waals surface area (Å²) in [5.74, 6) is 1.03. The minimum absolute atomic E-state index is 0.0682. The summed E-state index contributed by atoms with van der Waals surface area (Å²) in [6.07, 6.45) is 0. The van der Waals surface area contributed by atoms with Crippen LogP contribution >= 0.6 is 11.8 Å². The Balaban J connectivity index is 2.40. The van der Waals surface area contributed by atoms with Gasteiger partial charge >= 0.3 is 0 Å². The van der Waals surface area contributed by atoms with Crippen LogP contribution in [-0.2, 0) is 11.3 Å². The first kappa shape index (κ1) is 12.6. The van der Waals surface area contributed by atoms with Crippen molar-refractivity contribution in [2.45, 2.75) is 31.9 Å². The van der Waals surface area contributed by atoms with Gasteiger partial charge in [0.2, 0.25) is 0 Å². The van der Waals surface area contributed by atoms with Gasteiger partial charge in [-0.3, -0.25) is 0 Å². The Morgan fingerprint density at radius 1 is 1.33 bits per heavy atom. The topological polar surface area (TPSA) is 35.2 Å².